The van der Waals surface area contributed by atoms with Crippen molar-refractivity contribution >= 4 is 11.4 Å². The number of hydrogen-bond donors (Lipinski definition) is 0. The molecule has 0 radical (unpaired) electrons. The molecule has 0 amide bonds. The second kappa shape index (κ2) is 5.68. The zero-order valence-corrected chi connectivity index (χ0v) is 10.3. The van der Waals surface area contributed by atoms with Crippen LogP contribution in [0.25, 0.3) is 0 Å². The van der Waals surface area contributed by atoms with Crippen molar-refractivity contribution in [3.63, 3.8) is 0 Å². The molecule has 0 bridgehead atoms. The highest BCUT2D eigenvalue weighted by Gasteiger charge is 2.10. The van der Waals surface area contributed by atoms with Crippen molar-refractivity contribution in [1.82, 2.24) is 0 Å². The molecule has 1 heterocycles. The number of benzene rings is 1. The van der Waals surface area contributed by atoms with Crippen LogP contribution < -0.4 is 4.90 Å². The van der Waals surface area contributed by atoms with Gasteiger partial charge in [-0.2, -0.15) is 0 Å². The number of rotatable bonds is 3. The third-order valence-corrected chi connectivity index (χ3v) is 2.89. The molecule has 1 fully saturated rings. The van der Waals surface area contributed by atoms with Gasteiger partial charge in [0.15, 0.2) is 0 Å². The van der Waals surface area contributed by atoms with Crippen molar-refractivity contribution in [2.24, 2.45) is 5.16 Å². The molecule has 0 spiro atoms. The van der Waals surface area contributed by atoms with Gasteiger partial charge in [-0.25, -0.2) is 0 Å². The number of anilines is 1. The van der Waals surface area contributed by atoms with Crippen molar-refractivity contribution < 1.29 is 9.57 Å². The van der Waals surface area contributed by atoms with Gasteiger partial charge in [-0.15, -0.1) is 0 Å². The van der Waals surface area contributed by atoms with Crippen LogP contribution >= 0.6 is 0 Å². The summed E-state index contributed by atoms with van der Waals surface area (Å²) in [5.41, 5.74) is 3.21. The van der Waals surface area contributed by atoms with Gasteiger partial charge < -0.3 is 14.5 Å². The Morgan fingerprint density at radius 2 is 1.88 bits per heavy atom. The number of hydrogen-bond acceptors (Lipinski definition) is 4. The maximum atomic E-state index is 5.34. The smallest absolute Gasteiger partial charge is 0.106 e. The molecule has 1 aromatic rings. The van der Waals surface area contributed by atoms with Gasteiger partial charge in [-0.1, -0.05) is 17.3 Å². The Labute approximate surface area is 102 Å². The molecular formula is C13H18N2O2. The summed E-state index contributed by atoms with van der Waals surface area (Å²) in [5.74, 6) is 0. The molecule has 0 saturated carbocycles. The first-order valence-corrected chi connectivity index (χ1v) is 5.82. The Morgan fingerprint density at radius 3 is 2.47 bits per heavy atom. The molecule has 2 rings (SSSR count). The molecule has 17 heavy (non-hydrogen) atoms. The molecule has 1 aliphatic heterocycles. The van der Waals surface area contributed by atoms with Crippen molar-refractivity contribution in [3.05, 3.63) is 29.8 Å². The van der Waals surface area contributed by atoms with Crippen LogP contribution in [0.2, 0.25) is 0 Å². The fourth-order valence-electron chi connectivity index (χ4n) is 1.92. The van der Waals surface area contributed by atoms with Crippen LogP contribution in [0.3, 0.4) is 0 Å². The first-order chi connectivity index (χ1) is 8.31. The van der Waals surface area contributed by atoms with Crippen LogP contribution in [0.5, 0.6) is 0 Å². The monoisotopic (exact) mass is 234 g/mol. The molecule has 1 aromatic carbocycles. The Balaban J connectivity index is 2.09. The van der Waals surface area contributed by atoms with Crippen LogP contribution in [0.4, 0.5) is 5.69 Å². The van der Waals surface area contributed by atoms with Gasteiger partial charge in [-0.3, -0.25) is 0 Å². The van der Waals surface area contributed by atoms with Gasteiger partial charge in [0.1, 0.15) is 7.11 Å². The quantitative estimate of drug-likeness (QED) is 0.591. The molecule has 4 heteroatoms. The maximum Gasteiger partial charge on any atom is 0.106 e. The maximum absolute atomic E-state index is 5.34. The van der Waals surface area contributed by atoms with E-state index in [4.69, 9.17) is 9.57 Å². The van der Waals surface area contributed by atoms with Gasteiger partial charge in [0, 0.05) is 18.8 Å². The molecule has 4 nitrogen and oxygen atoms in total. The predicted octanol–water partition coefficient (Wildman–Crippen LogP) is 1.89. The van der Waals surface area contributed by atoms with Crippen LogP contribution in [0, 0.1) is 0 Å². The minimum Gasteiger partial charge on any atom is -0.399 e. The SMILES string of the molecule is CO/N=C(\C)c1ccc(N2CCOCC2)cc1. The number of morpholine rings is 1. The van der Waals surface area contributed by atoms with E-state index in [1.54, 1.807) is 7.11 Å². The number of ether oxygens (including phenoxy) is 1. The third kappa shape index (κ3) is 2.97. The van der Waals surface area contributed by atoms with Gasteiger partial charge >= 0.3 is 0 Å². The highest BCUT2D eigenvalue weighted by Crippen LogP contribution is 2.17. The van der Waals surface area contributed by atoms with Crippen molar-refractivity contribution in [2.75, 3.05) is 38.3 Å². The number of nitrogens with zero attached hydrogens (tertiary/aromatic N) is 2. The summed E-state index contributed by atoms with van der Waals surface area (Å²) < 4.78 is 5.34. The molecule has 0 aromatic heterocycles. The van der Waals surface area contributed by atoms with E-state index in [1.807, 2.05) is 6.92 Å². The standard InChI is InChI=1S/C13H18N2O2/c1-11(14-16-2)12-3-5-13(6-4-12)15-7-9-17-10-8-15/h3-6H,7-10H2,1-2H3/b14-11+. The van der Waals surface area contributed by atoms with E-state index in [-0.39, 0.29) is 0 Å². The highest BCUT2D eigenvalue weighted by atomic mass is 16.6. The fraction of sp³-hybridized carbons (Fsp3) is 0.462. The summed E-state index contributed by atoms with van der Waals surface area (Å²) in [7, 11) is 1.56. The van der Waals surface area contributed by atoms with Crippen molar-refractivity contribution in [3.8, 4) is 0 Å². The van der Waals surface area contributed by atoms with E-state index in [2.05, 4.69) is 34.3 Å². The van der Waals surface area contributed by atoms with Crippen molar-refractivity contribution in [1.29, 1.82) is 0 Å². The summed E-state index contributed by atoms with van der Waals surface area (Å²) in [5, 5.41) is 3.92. The normalized spacial score (nSPS) is 17.1. The minimum atomic E-state index is 0.811. The lowest BCUT2D eigenvalue weighted by atomic mass is 10.1. The highest BCUT2D eigenvalue weighted by molar-refractivity contribution is 5.98. The largest absolute Gasteiger partial charge is 0.399 e. The third-order valence-electron chi connectivity index (χ3n) is 2.89. The average Bonchev–Trinajstić information content (AvgIpc) is 2.40. The van der Waals surface area contributed by atoms with Crippen LogP contribution in [-0.2, 0) is 9.57 Å². The van der Waals surface area contributed by atoms with E-state index in [0.717, 1.165) is 37.6 Å². The lowest BCUT2D eigenvalue weighted by Gasteiger charge is -2.28. The minimum absolute atomic E-state index is 0.811. The molecule has 0 aliphatic carbocycles. The second-order valence-electron chi connectivity index (χ2n) is 4.01. The van der Waals surface area contributed by atoms with Crippen LogP contribution in [-0.4, -0.2) is 39.1 Å². The van der Waals surface area contributed by atoms with E-state index >= 15 is 0 Å². The Kier molecular flexibility index (Phi) is 3.98. The summed E-state index contributed by atoms with van der Waals surface area (Å²) in [4.78, 5) is 7.10. The fourth-order valence-corrected chi connectivity index (χ4v) is 1.92. The molecule has 0 atom stereocenters. The summed E-state index contributed by atoms with van der Waals surface area (Å²) in [6, 6.07) is 8.38. The first kappa shape index (κ1) is 11.9. The summed E-state index contributed by atoms with van der Waals surface area (Å²) >= 11 is 0. The zero-order valence-electron chi connectivity index (χ0n) is 10.3. The van der Waals surface area contributed by atoms with Crippen molar-refractivity contribution in [2.45, 2.75) is 6.92 Å². The lowest BCUT2D eigenvalue weighted by Crippen LogP contribution is -2.36. The Hall–Kier alpha value is -1.55. The van der Waals surface area contributed by atoms with E-state index in [0.29, 0.717) is 0 Å². The van der Waals surface area contributed by atoms with Crippen LogP contribution in [0.15, 0.2) is 29.4 Å². The second-order valence-corrected chi connectivity index (χ2v) is 4.01. The molecular weight excluding hydrogens is 216 g/mol. The first-order valence-electron chi connectivity index (χ1n) is 5.82. The van der Waals surface area contributed by atoms with Gasteiger partial charge in [0.25, 0.3) is 0 Å². The molecule has 92 valence electrons. The van der Waals surface area contributed by atoms with E-state index < -0.39 is 0 Å². The summed E-state index contributed by atoms with van der Waals surface area (Å²) in [6.07, 6.45) is 0. The van der Waals surface area contributed by atoms with Gasteiger partial charge in [-0.05, 0) is 24.6 Å². The van der Waals surface area contributed by atoms with Gasteiger partial charge in [0.2, 0.25) is 0 Å². The average molecular weight is 234 g/mol. The van der Waals surface area contributed by atoms with Crippen LogP contribution in [0.1, 0.15) is 12.5 Å². The summed E-state index contributed by atoms with van der Waals surface area (Å²) in [6.45, 7) is 5.49. The number of oxime groups is 1. The molecule has 0 unspecified atom stereocenters. The molecule has 1 aliphatic rings. The Morgan fingerprint density at radius 1 is 1.24 bits per heavy atom. The molecule has 0 N–H and O–H groups in total. The van der Waals surface area contributed by atoms with E-state index in [1.165, 1.54) is 5.69 Å². The zero-order chi connectivity index (χ0) is 12.1. The molecule has 1 saturated heterocycles. The van der Waals surface area contributed by atoms with E-state index in [9.17, 15) is 0 Å². The van der Waals surface area contributed by atoms with Gasteiger partial charge in [0.05, 0.1) is 18.9 Å². The predicted molar refractivity (Wildman–Crippen MR) is 68.7 cm³/mol. The Bertz CT molecular complexity index is 381. The topological polar surface area (TPSA) is 34.1 Å². The lowest BCUT2D eigenvalue weighted by molar-refractivity contribution is 0.122.